The van der Waals surface area contributed by atoms with Gasteiger partial charge < -0.3 is 10.6 Å². The summed E-state index contributed by atoms with van der Waals surface area (Å²) < 4.78 is 43.1. The van der Waals surface area contributed by atoms with Crippen LogP contribution >= 0.6 is 0 Å². The molecule has 9 heteroatoms. The van der Waals surface area contributed by atoms with Gasteiger partial charge in [0.2, 0.25) is 0 Å². The molecule has 3 N–H and O–H groups in total. The number of hydrogen-bond acceptors (Lipinski definition) is 5. The summed E-state index contributed by atoms with van der Waals surface area (Å²) >= 11 is 0. The number of nitrogen functional groups attached to an aromatic ring is 1. The molecule has 1 aromatic carbocycles. The van der Waals surface area contributed by atoms with Crippen molar-refractivity contribution >= 4 is 29.0 Å². The predicted octanol–water partition coefficient (Wildman–Crippen LogP) is 2.53. The first kappa shape index (κ1) is 18.1. The Morgan fingerprint density at radius 3 is 2.68 bits per heavy atom. The van der Waals surface area contributed by atoms with Crippen LogP contribution in [-0.2, 0) is 0 Å². The highest BCUT2D eigenvalue weighted by Gasteiger charge is 2.38. The van der Waals surface area contributed by atoms with Crippen molar-refractivity contribution in [3.63, 3.8) is 0 Å². The van der Waals surface area contributed by atoms with Crippen molar-refractivity contribution in [2.45, 2.75) is 12.3 Å². The van der Waals surface area contributed by atoms with Gasteiger partial charge in [-0.15, -0.1) is 0 Å². The van der Waals surface area contributed by atoms with E-state index in [0.29, 0.717) is 22.5 Å². The Morgan fingerprint density at radius 2 is 2.04 bits per heavy atom. The third kappa shape index (κ3) is 3.23. The summed E-state index contributed by atoms with van der Waals surface area (Å²) in [7, 11) is 1.83. The monoisotopic (exact) mass is 387 g/mol. The van der Waals surface area contributed by atoms with Gasteiger partial charge in [-0.25, -0.2) is 27.7 Å². The summed E-state index contributed by atoms with van der Waals surface area (Å²) in [6.07, 6.45) is 4.52. The Balaban J connectivity index is 1.66. The van der Waals surface area contributed by atoms with Crippen LogP contribution in [0.5, 0.6) is 0 Å². The van der Waals surface area contributed by atoms with E-state index in [1.807, 2.05) is 7.05 Å². The third-order valence-electron chi connectivity index (χ3n) is 4.81. The molecule has 1 fully saturated rings. The molecule has 4 rings (SSSR count). The van der Waals surface area contributed by atoms with Gasteiger partial charge in [0.15, 0.2) is 12.4 Å². The number of benzene rings is 1. The molecule has 2 aliphatic rings. The van der Waals surface area contributed by atoms with E-state index in [-0.39, 0.29) is 30.1 Å². The highest BCUT2D eigenvalue weighted by atomic mass is 19.3. The lowest BCUT2D eigenvalue weighted by Gasteiger charge is -2.18. The summed E-state index contributed by atoms with van der Waals surface area (Å²) in [6, 6.07) is 4.16. The van der Waals surface area contributed by atoms with Crippen LogP contribution in [0.25, 0.3) is 5.57 Å². The maximum Gasteiger partial charge on any atom is 0.266 e. The summed E-state index contributed by atoms with van der Waals surface area (Å²) in [4.78, 5) is 9.59. The lowest BCUT2D eigenvalue weighted by atomic mass is 9.97. The van der Waals surface area contributed by atoms with Crippen molar-refractivity contribution in [2.24, 2.45) is 0 Å². The number of alkyl halides is 2. The molecule has 2 aliphatic heterocycles. The molecule has 1 saturated heterocycles. The maximum atomic E-state index is 14.3. The number of anilines is 2. The smallest absolute Gasteiger partial charge is 0.266 e. The molecule has 144 valence electrons. The largest absolute Gasteiger partial charge is 0.398 e. The molecule has 0 amide bonds. The normalized spacial score (nSPS) is 17.8. The molecule has 28 heavy (non-hydrogen) atoms. The van der Waals surface area contributed by atoms with Gasteiger partial charge in [-0.05, 0) is 12.1 Å². The molecule has 6 nitrogen and oxygen atoms in total. The second kappa shape index (κ2) is 6.43. The molecule has 0 unspecified atom stereocenters. The summed E-state index contributed by atoms with van der Waals surface area (Å²) in [5, 5.41) is 8.48. The van der Waals surface area contributed by atoms with E-state index in [4.69, 9.17) is 11.1 Å². The van der Waals surface area contributed by atoms with Crippen LogP contribution in [0.15, 0.2) is 30.7 Å². The zero-order valence-electron chi connectivity index (χ0n) is 15.1. The Bertz CT molecular complexity index is 1040. The van der Waals surface area contributed by atoms with E-state index in [1.54, 1.807) is 17.0 Å². The van der Waals surface area contributed by atoms with Crippen molar-refractivity contribution < 1.29 is 17.7 Å². The van der Waals surface area contributed by atoms with Crippen molar-refractivity contribution in [1.29, 1.82) is 5.41 Å². The SMILES string of the molecule is C[N+]1=CC(c2cc(C(=N)c3cc(N4CCC(F)(F)C4)ncn3)c(N)cc2F)=C1. The molecule has 0 radical (unpaired) electrons. The van der Waals surface area contributed by atoms with Gasteiger partial charge >= 0.3 is 0 Å². The topological polar surface area (TPSA) is 81.9 Å². The Labute approximate surface area is 159 Å². The molecular formula is C19H18F3N6+. The van der Waals surface area contributed by atoms with Crippen molar-refractivity contribution in [3.8, 4) is 0 Å². The average molecular weight is 387 g/mol. The van der Waals surface area contributed by atoms with Crippen LogP contribution in [0.3, 0.4) is 0 Å². The van der Waals surface area contributed by atoms with E-state index >= 15 is 0 Å². The minimum atomic E-state index is -2.75. The van der Waals surface area contributed by atoms with Gasteiger partial charge in [-0.3, -0.25) is 5.41 Å². The highest BCUT2D eigenvalue weighted by molar-refractivity contribution is 6.15. The molecule has 3 heterocycles. The van der Waals surface area contributed by atoms with Crippen LogP contribution in [0, 0.1) is 11.2 Å². The van der Waals surface area contributed by atoms with Gasteiger partial charge in [0.1, 0.15) is 30.6 Å². The third-order valence-corrected chi connectivity index (χ3v) is 4.81. The van der Waals surface area contributed by atoms with Crippen molar-refractivity contribution in [1.82, 2.24) is 9.97 Å². The number of rotatable bonds is 4. The summed E-state index contributed by atoms with van der Waals surface area (Å²) in [5.41, 5.74) is 7.59. The highest BCUT2D eigenvalue weighted by Crippen LogP contribution is 2.31. The number of nitrogens with one attached hydrogen (secondary N) is 1. The van der Waals surface area contributed by atoms with Crippen LogP contribution in [0.4, 0.5) is 24.7 Å². The van der Waals surface area contributed by atoms with E-state index in [0.717, 1.165) is 0 Å². The first-order valence-electron chi connectivity index (χ1n) is 8.66. The lowest BCUT2D eigenvalue weighted by molar-refractivity contribution is -0.423. The number of nitrogens with zero attached hydrogens (tertiary/aromatic N) is 4. The minimum Gasteiger partial charge on any atom is -0.398 e. The molecule has 0 bridgehead atoms. The lowest BCUT2D eigenvalue weighted by Crippen LogP contribution is -2.26. The van der Waals surface area contributed by atoms with Crippen molar-refractivity contribution in [3.05, 3.63) is 53.4 Å². The Morgan fingerprint density at radius 1 is 1.29 bits per heavy atom. The number of aromatic nitrogens is 2. The zero-order valence-corrected chi connectivity index (χ0v) is 15.1. The molecule has 2 aromatic rings. The Hall–Kier alpha value is -3.23. The number of halogens is 3. The fourth-order valence-corrected chi connectivity index (χ4v) is 3.32. The van der Waals surface area contributed by atoms with Gasteiger partial charge in [0.05, 0.1) is 18.0 Å². The van der Waals surface area contributed by atoms with E-state index < -0.39 is 18.3 Å². The predicted molar refractivity (Wildman–Crippen MR) is 101 cm³/mol. The molecule has 1 aromatic heterocycles. The number of hydrogen-bond donors (Lipinski definition) is 2. The van der Waals surface area contributed by atoms with Crippen LogP contribution in [0.1, 0.15) is 23.2 Å². The van der Waals surface area contributed by atoms with E-state index in [9.17, 15) is 13.2 Å². The number of nitrogens with two attached hydrogens (primary N) is 1. The second-order valence-electron chi connectivity index (χ2n) is 6.96. The first-order chi connectivity index (χ1) is 13.2. The molecule has 0 atom stereocenters. The Kier molecular flexibility index (Phi) is 4.17. The van der Waals surface area contributed by atoms with Crippen LogP contribution in [0.2, 0.25) is 0 Å². The fourth-order valence-electron chi connectivity index (χ4n) is 3.32. The fraction of sp³-hybridized carbons (Fsp3) is 0.263. The van der Waals surface area contributed by atoms with Gasteiger partial charge in [-0.2, -0.15) is 0 Å². The number of allylic oxidation sites excluding steroid dienone is 1. The van der Waals surface area contributed by atoms with Crippen molar-refractivity contribution in [2.75, 3.05) is 30.8 Å². The second-order valence-corrected chi connectivity index (χ2v) is 6.96. The molecular weight excluding hydrogens is 369 g/mol. The van der Waals surface area contributed by atoms with Gasteiger partial charge in [0.25, 0.3) is 5.92 Å². The maximum absolute atomic E-state index is 14.3. The molecule has 0 spiro atoms. The molecule has 0 aliphatic carbocycles. The van der Waals surface area contributed by atoms with Crippen LogP contribution in [-0.4, -0.2) is 52.5 Å². The average Bonchev–Trinajstić information content (AvgIpc) is 2.99. The van der Waals surface area contributed by atoms with Gasteiger partial charge in [-0.1, -0.05) is 0 Å². The standard InChI is InChI=1S/C19H18F3N6/c1-27-7-11(8-27)12-4-13(15(23)5-14(12)20)18(24)16-6-17(26-10-25-16)28-3-2-19(21,22)9-28/h4-8,10,24H,2-3,9,23H2,1H3/q+1. The van der Waals surface area contributed by atoms with Crippen LogP contribution < -0.4 is 10.6 Å². The zero-order chi connectivity index (χ0) is 20.1. The van der Waals surface area contributed by atoms with E-state index in [2.05, 4.69) is 9.97 Å². The summed E-state index contributed by atoms with van der Waals surface area (Å²) in [6.45, 7) is -0.242. The first-order valence-corrected chi connectivity index (χ1v) is 8.66. The summed E-state index contributed by atoms with van der Waals surface area (Å²) in [5.74, 6) is -2.91. The molecule has 0 saturated carbocycles. The van der Waals surface area contributed by atoms with E-state index in [1.165, 1.54) is 29.4 Å². The quantitative estimate of drug-likeness (QED) is 0.480. The van der Waals surface area contributed by atoms with Gasteiger partial charge in [0, 0.05) is 35.8 Å². The minimum absolute atomic E-state index is 0.0263.